The standard InChI is InChI=1S/C30H36FN3O4S/c1-5-23(3)32-30(36)24(4)33(20-19-25-11-7-6-8-12-25)29(35)21-34(28-14-10-9-13-27(28)31)39(37,38)26-17-15-22(2)16-18-26/h6-18,23-24H,5,19-21H2,1-4H3,(H,32,36)/t23-,24+/m1/s1. The Morgan fingerprint density at radius 2 is 1.54 bits per heavy atom. The Morgan fingerprint density at radius 3 is 2.15 bits per heavy atom. The van der Waals surface area contributed by atoms with Crippen LogP contribution < -0.4 is 9.62 Å². The van der Waals surface area contributed by atoms with Gasteiger partial charge in [-0.25, -0.2) is 12.8 Å². The van der Waals surface area contributed by atoms with Gasteiger partial charge in [0.25, 0.3) is 10.0 Å². The molecule has 0 spiro atoms. The number of aryl methyl sites for hydroxylation is 1. The molecule has 0 saturated carbocycles. The van der Waals surface area contributed by atoms with Crippen molar-refractivity contribution in [1.82, 2.24) is 10.2 Å². The predicted octanol–water partition coefficient (Wildman–Crippen LogP) is 4.70. The quantitative estimate of drug-likeness (QED) is 0.352. The van der Waals surface area contributed by atoms with Gasteiger partial charge in [0, 0.05) is 12.6 Å². The average molecular weight is 554 g/mol. The van der Waals surface area contributed by atoms with Gasteiger partial charge in [0.2, 0.25) is 11.8 Å². The summed E-state index contributed by atoms with van der Waals surface area (Å²) in [7, 11) is -4.31. The van der Waals surface area contributed by atoms with E-state index in [-0.39, 0.29) is 29.1 Å². The molecule has 7 nitrogen and oxygen atoms in total. The maximum Gasteiger partial charge on any atom is 0.264 e. The summed E-state index contributed by atoms with van der Waals surface area (Å²) in [5.41, 5.74) is 1.57. The number of carbonyl (C=O) groups excluding carboxylic acids is 2. The fourth-order valence-electron chi connectivity index (χ4n) is 4.04. The maximum absolute atomic E-state index is 14.9. The number of carbonyl (C=O) groups is 2. The molecule has 0 aromatic heterocycles. The molecule has 0 bridgehead atoms. The molecule has 0 aliphatic carbocycles. The molecule has 0 radical (unpaired) electrons. The number of hydrogen-bond donors (Lipinski definition) is 1. The van der Waals surface area contributed by atoms with Crippen molar-refractivity contribution in [2.45, 2.75) is 57.5 Å². The van der Waals surface area contributed by atoms with Crippen LogP contribution in [0.3, 0.4) is 0 Å². The fraction of sp³-hybridized carbons (Fsp3) is 0.333. The second-order valence-electron chi connectivity index (χ2n) is 9.59. The van der Waals surface area contributed by atoms with E-state index in [2.05, 4.69) is 5.32 Å². The molecule has 3 aromatic rings. The van der Waals surface area contributed by atoms with Crippen LogP contribution in [0.5, 0.6) is 0 Å². The molecule has 3 rings (SSSR count). The third-order valence-electron chi connectivity index (χ3n) is 6.66. The highest BCUT2D eigenvalue weighted by Crippen LogP contribution is 2.27. The van der Waals surface area contributed by atoms with Crippen LogP contribution in [0.2, 0.25) is 0 Å². The first-order valence-corrected chi connectivity index (χ1v) is 14.5. The topological polar surface area (TPSA) is 86.8 Å². The van der Waals surface area contributed by atoms with Gasteiger partial charge in [-0.2, -0.15) is 0 Å². The first kappa shape index (κ1) is 29.8. The number of hydrogen-bond acceptors (Lipinski definition) is 4. The molecule has 2 atom stereocenters. The molecule has 2 amide bonds. The molecule has 0 fully saturated rings. The molecule has 208 valence electrons. The summed E-state index contributed by atoms with van der Waals surface area (Å²) >= 11 is 0. The van der Waals surface area contributed by atoms with Gasteiger partial charge in [0.15, 0.2) is 0 Å². The number of halogens is 1. The summed E-state index contributed by atoms with van der Waals surface area (Å²) in [6, 6.07) is 20.1. The number of rotatable bonds is 12. The van der Waals surface area contributed by atoms with Crippen LogP contribution in [0.1, 0.15) is 38.3 Å². The summed E-state index contributed by atoms with van der Waals surface area (Å²) in [5.74, 6) is -1.74. The van der Waals surface area contributed by atoms with Crippen molar-refractivity contribution in [3.05, 3.63) is 95.8 Å². The number of amides is 2. The lowest BCUT2D eigenvalue weighted by molar-refractivity contribution is -0.139. The molecule has 0 unspecified atom stereocenters. The number of para-hydroxylation sites is 1. The Kier molecular flexibility index (Phi) is 10.2. The van der Waals surface area contributed by atoms with Gasteiger partial charge in [0.05, 0.1) is 10.6 Å². The van der Waals surface area contributed by atoms with Crippen molar-refractivity contribution >= 4 is 27.5 Å². The summed E-state index contributed by atoms with van der Waals surface area (Å²) < 4.78 is 43.2. The predicted molar refractivity (Wildman–Crippen MR) is 151 cm³/mol. The molecule has 1 N–H and O–H groups in total. The minimum Gasteiger partial charge on any atom is -0.352 e. The van der Waals surface area contributed by atoms with Gasteiger partial charge in [0.1, 0.15) is 18.4 Å². The number of nitrogens with one attached hydrogen (secondary N) is 1. The highest BCUT2D eigenvalue weighted by molar-refractivity contribution is 7.92. The summed E-state index contributed by atoms with van der Waals surface area (Å²) in [5, 5.41) is 2.89. The zero-order valence-corrected chi connectivity index (χ0v) is 23.6. The van der Waals surface area contributed by atoms with E-state index >= 15 is 0 Å². The van der Waals surface area contributed by atoms with E-state index in [0.29, 0.717) is 12.8 Å². The molecule has 3 aromatic carbocycles. The van der Waals surface area contributed by atoms with Crippen LogP contribution in [0.25, 0.3) is 0 Å². The molecule has 9 heteroatoms. The van der Waals surface area contributed by atoms with Crippen molar-refractivity contribution < 1.29 is 22.4 Å². The number of sulfonamides is 1. The minimum atomic E-state index is -4.31. The average Bonchev–Trinajstić information content (AvgIpc) is 2.92. The summed E-state index contributed by atoms with van der Waals surface area (Å²) in [6.07, 6.45) is 1.17. The zero-order chi connectivity index (χ0) is 28.6. The van der Waals surface area contributed by atoms with Crippen LogP contribution in [0, 0.1) is 12.7 Å². The van der Waals surface area contributed by atoms with Gasteiger partial charge in [-0.3, -0.25) is 13.9 Å². The Labute approximate surface area is 230 Å². The second kappa shape index (κ2) is 13.4. The lowest BCUT2D eigenvalue weighted by Crippen LogP contribution is -2.53. The number of anilines is 1. The first-order chi connectivity index (χ1) is 18.5. The Hall–Kier alpha value is -3.72. The van der Waals surface area contributed by atoms with Crippen molar-refractivity contribution in [3.8, 4) is 0 Å². The third-order valence-corrected chi connectivity index (χ3v) is 8.44. The van der Waals surface area contributed by atoms with Crippen molar-refractivity contribution in [2.24, 2.45) is 0 Å². The molecular weight excluding hydrogens is 517 g/mol. The Morgan fingerprint density at radius 1 is 0.923 bits per heavy atom. The van der Waals surface area contributed by atoms with Gasteiger partial charge in [-0.15, -0.1) is 0 Å². The number of nitrogens with zero attached hydrogens (tertiary/aromatic N) is 2. The normalized spacial score (nSPS) is 12.8. The van der Waals surface area contributed by atoms with E-state index in [4.69, 9.17) is 0 Å². The molecule has 0 saturated heterocycles. The summed E-state index contributed by atoms with van der Waals surface area (Å²) in [4.78, 5) is 28.1. The van der Waals surface area contributed by atoms with Crippen LogP contribution in [0.4, 0.5) is 10.1 Å². The van der Waals surface area contributed by atoms with E-state index < -0.39 is 34.3 Å². The zero-order valence-electron chi connectivity index (χ0n) is 22.8. The van der Waals surface area contributed by atoms with Crippen molar-refractivity contribution in [3.63, 3.8) is 0 Å². The van der Waals surface area contributed by atoms with Gasteiger partial charge >= 0.3 is 0 Å². The van der Waals surface area contributed by atoms with E-state index in [9.17, 15) is 22.4 Å². The van der Waals surface area contributed by atoms with E-state index in [1.165, 1.54) is 35.2 Å². The molecule has 0 aliphatic rings. The van der Waals surface area contributed by atoms with E-state index in [1.54, 1.807) is 19.1 Å². The van der Waals surface area contributed by atoms with Gasteiger partial charge in [-0.1, -0.05) is 67.1 Å². The largest absolute Gasteiger partial charge is 0.352 e. The summed E-state index contributed by atoms with van der Waals surface area (Å²) in [6.45, 7) is 6.75. The number of benzene rings is 3. The van der Waals surface area contributed by atoms with E-state index in [1.807, 2.05) is 51.1 Å². The fourth-order valence-corrected chi connectivity index (χ4v) is 5.46. The maximum atomic E-state index is 14.9. The van der Waals surface area contributed by atoms with Gasteiger partial charge < -0.3 is 10.2 Å². The second-order valence-corrected chi connectivity index (χ2v) is 11.5. The lowest BCUT2D eigenvalue weighted by atomic mass is 10.1. The van der Waals surface area contributed by atoms with Gasteiger partial charge in [-0.05, 0) is 63.4 Å². The minimum absolute atomic E-state index is 0.0671. The molecule has 0 aliphatic heterocycles. The lowest BCUT2D eigenvalue weighted by Gasteiger charge is -2.32. The Balaban J connectivity index is 1.98. The van der Waals surface area contributed by atoms with E-state index in [0.717, 1.165) is 21.5 Å². The third kappa shape index (κ3) is 7.66. The van der Waals surface area contributed by atoms with Crippen molar-refractivity contribution in [2.75, 3.05) is 17.4 Å². The smallest absolute Gasteiger partial charge is 0.264 e. The molecule has 39 heavy (non-hydrogen) atoms. The van der Waals surface area contributed by atoms with Crippen LogP contribution in [-0.2, 0) is 26.0 Å². The van der Waals surface area contributed by atoms with Crippen LogP contribution >= 0.6 is 0 Å². The highest BCUT2D eigenvalue weighted by atomic mass is 32.2. The van der Waals surface area contributed by atoms with Crippen LogP contribution in [-0.4, -0.2) is 50.3 Å². The first-order valence-electron chi connectivity index (χ1n) is 13.0. The SMILES string of the molecule is CC[C@@H](C)NC(=O)[C@H](C)N(CCc1ccccc1)C(=O)CN(c1ccccc1F)S(=O)(=O)c1ccc(C)cc1. The molecular formula is C30H36FN3O4S. The monoisotopic (exact) mass is 553 g/mol. The van der Waals surface area contributed by atoms with Crippen molar-refractivity contribution in [1.29, 1.82) is 0 Å². The highest BCUT2D eigenvalue weighted by Gasteiger charge is 2.33. The van der Waals surface area contributed by atoms with Crippen LogP contribution in [0.15, 0.2) is 83.8 Å². The Bertz CT molecular complexity index is 1360. The molecule has 0 heterocycles.